The highest BCUT2D eigenvalue weighted by atomic mass is 16.5. The molecular formula is C12H14N2O4. The lowest BCUT2D eigenvalue weighted by Gasteiger charge is -2.18. The first-order valence-corrected chi connectivity index (χ1v) is 5.22. The normalized spacial score (nSPS) is 13.4. The van der Waals surface area contributed by atoms with Crippen LogP contribution >= 0.6 is 0 Å². The number of carbonyl (C=O) groups is 1. The number of aliphatic hydroxyl groups excluding tert-OH is 2. The van der Waals surface area contributed by atoms with Crippen LogP contribution in [0.1, 0.15) is 28.4 Å². The first-order chi connectivity index (χ1) is 8.51. The molecule has 0 aliphatic heterocycles. The summed E-state index contributed by atoms with van der Waals surface area (Å²) in [5.74, 6) is -0.332. The van der Waals surface area contributed by atoms with Crippen molar-refractivity contribution in [3.8, 4) is 11.8 Å². The van der Waals surface area contributed by atoms with E-state index in [9.17, 15) is 15.0 Å². The van der Waals surface area contributed by atoms with Gasteiger partial charge in [-0.2, -0.15) is 5.26 Å². The third kappa shape index (κ3) is 2.97. The van der Waals surface area contributed by atoms with Gasteiger partial charge in [0.15, 0.2) is 0 Å². The summed E-state index contributed by atoms with van der Waals surface area (Å²) in [5.41, 5.74) is 5.42. The molecule has 2 unspecified atom stereocenters. The Morgan fingerprint density at radius 3 is 2.72 bits per heavy atom. The Balaban J connectivity index is 3.15. The molecule has 0 radical (unpaired) electrons. The smallest absolute Gasteiger partial charge is 0.249 e. The zero-order valence-electron chi connectivity index (χ0n) is 9.83. The Kier molecular flexibility index (Phi) is 4.66. The van der Waals surface area contributed by atoms with Crippen LogP contribution in [0.2, 0.25) is 0 Å². The van der Waals surface area contributed by atoms with Gasteiger partial charge in [0, 0.05) is 5.56 Å². The number of amides is 1. The molecule has 0 aromatic heterocycles. The van der Waals surface area contributed by atoms with Crippen LogP contribution in [0, 0.1) is 11.3 Å². The van der Waals surface area contributed by atoms with E-state index in [-0.39, 0.29) is 17.5 Å². The number of carbonyl (C=O) groups excluding carboxylic acids is 1. The molecule has 1 rings (SSSR count). The minimum atomic E-state index is -1.35. The predicted molar refractivity (Wildman–Crippen MR) is 62.7 cm³/mol. The molecule has 0 fully saturated rings. The largest absolute Gasteiger partial charge is 0.497 e. The summed E-state index contributed by atoms with van der Waals surface area (Å²) < 4.78 is 4.94. The minimum absolute atomic E-state index is 0.0545. The topological polar surface area (TPSA) is 117 Å². The fourth-order valence-corrected chi connectivity index (χ4v) is 1.55. The summed E-state index contributed by atoms with van der Waals surface area (Å²) in [5, 5.41) is 27.9. The highest BCUT2D eigenvalue weighted by molar-refractivity contribution is 5.95. The Labute approximate surface area is 104 Å². The number of ether oxygens (including phenoxy) is 1. The van der Waals surface area contributed by atoms with Gasteiger partial charge in [0.25, 0.3) is 0 Å². The van der Waals surface area contributed by atoms with Crippen LogP contribution in [-0.4, -0.2) is 29.3 Å². The molecule has 0 aliphatic carbocycles. The molecule has 1 aromatic rings. The Morgan fingerprint density at radius 2 is 2.22 bits per heavy atom. The molecule has 0 aliphatic rings. The lowest BCUT2D eigenvalue weighted by molar-refractivity contribution is 0.0211. The fraction of sp³-hybridized carbons (Fsp3) is 0.333. The highest BCUT2D eigenvalue weighted by Gasteiger charge is 2.23. The van der Waals surface area contributed by atoms with Gasteiger partial charge >= 0.3 is 0 Å². The SMILES string of the molecule is COc1ccc(C(O)C(O)CC#N)c(C(N)=O)c1. The molecule has 6 heteroatoms. The third-order valence-corrected chi connectivity index (χ3v) is 2.51. The second-order valence-electron chi connectivity index (χ2n) is 3.69. The predicted octanol–water partition coefficient (Wildman–Crippen LogP) is 0.102. The van der Waals surface area contributed by atoms with Crippen molar-refractivity contribution in [2.75, 3.05) is 7.11 Å². The summed E-state index contributed by atoms with van der Waals surface area (Å²) in [6.07, 6.45) is -2.87. The summed E-state index contributed by atoms with van der Waals surface area (Å²) in [7, 11) is 1.43. The van der Waals surface area contributed by atoms with Crippen molar-refractivity contribution in [3.05, 3.63) is 29.3 Å². The van der Waals surface area contributed by atoms with Gasteiger partial charge in [-0.25, -0.2) is 0 Å². The number of methoxy groups -OCH3 is 1. The minimum Gasteiger partial charge on any atom is -0.497 e. The summed E-state index contributed by atoms with van der Waals surface area (Å²) in [6.45, 7) is 0. The second kappa shape index (κ2) is 6.00. The maximum atomic E-state index is 11.3. The standard InChI is InChI=1S/C12H14N2O4/c1-18-7-2-3-8(9(6-7)12(14)17)11(16)10(15)4-5-13/h2-3,6,10-11,15-16H,4H2,1H3,(H2,14,17). The second-order valence-corrected chi connectivity index (χ2v) is 3.69. The van der Waals surface area contributed by atoms with Crippen LogP contribution in [0.25, 0.3) is 0 Å². The van der Waals surface area contributed by atoms with Crippen molar-refractivity contribution in [2.45, 2.75) is 18.6 Å². The number of rotatable bonds is 5. The first kappa shape index (κ1) is 14.0. The molecule has 0 saturated carbocycles. The van der Waals surface area contributed by atoms with E-state index < -0.39 is 18.1 Å². The number of aliphatic hydroxyl groups is 2. The number of hydrogen-bond donors (Lipinski definition) is 3. The molecule has 0 heterocycles. The van der Waals surface area contributed by atoms with Crippen molar-refractivity contribution in [1.82, 2.24) is 0 Å². The van der Waals surface area contributed by atoms with Gasteiger partial charge in [0.1, 0.15) is 11.9 Å². The van der Waals surface area contributed by atoms with Gasteiger partial charge in [-0.15, -0.1) is 0 Å². The van der Waals surface area contributed by atoms with Crippen LogP contribution in [0.5, 0.6) is 5.75 Å². The van der Waals surface area contributed by atoms with Gasteiger partial charge in [-0.05, 0) is 17.7 Å². The maximum absolute atomic E-state index is 11.3. The van der Waals surface area contributed by atoms with E-state index in [1.807, 2.05) is 0 Å². The molecule has 2 atom stereocenters. The third-order valence-electron chi connectivity index (χ3n) is 2.51. The van der Waals surface area contributed by atoms with Crippen LogP contribution in [0.15, 0.2) is 18.2 Å². The molecule has 0 bridgehead atoms. The van der Waals surface area contributed by atoms with Gasteiger partial charge in [0.05, 0.1) is 25.7 Å². The summed E-state index contributed by atoms with van der Waals surface area (Å²) in [6, 6.07) is 6.08. The number of primary amides is 1. The molecule has 96 valence electrons. The van der Waals surface area contributed by atoms with Gasteiger partial charge in [-0.1, -0.05) is 6.07 Å². The van der Waals surface area contributed by atoms with E-state index in [1.54, 1.807) is 6.07 Å². The molecule has 1 amide bonds. The van der Waals surface area contributed by atoms with Crippen molar-refractivity contribution < 1.29 is 19.7 Å². The van der Waals surface area contributed by atoms with E-state index in [0.717, 1.165) is 0 Å². The number of hydrogen-bond acceptors (Lipinski definition) is 5. The number of nitrogens with zero attached hydrogens (tertiary/aromatic N) is 1. The van der Waals surface area contributed by atoms with Gasteiger partial charge in [0.2, 0.25) is 5.91 Å². The number of benzene rings is 1. The quantitative estimate of drug-likeness (QED) is 0.685. The number of nitriles is 1. The van der Waals surface area contributed by atoms with Crippen LogP contribution in [0.4, 0.5) is 0 Å². The lowest BCUT2D eigenvalue weighted by atomic mass is 9.96. The van der Waals surface area contributed by atoms with E-state index in [1.165, 1.54) is 25.3 Å². The van der Waals surface area contributed by atoms with E-state index in [2.05, 4.69) is 0 Å². The Hall–Kier alpha value is -2.10. The lowest BCUT2D eigenvalue weighted by Crippen LogP contribution is -2.22. The van der Waals surface area contributed by atoms with Gasteiger partial charge < -0.3 is 20.7 Å². The zero-order chi connectivity index (χ0) is 13.7. The first-order valence-electron chi connectivity index (χ1n) is 5.22. The summed E-state index contributed by atoms with van der Waals surface area (Å²) in [4.78, 5) is 11.3. The van der Waals surface area contributed by atoms with Crippen molar-refractivity contribution >= 4 is 5.91 Å². The van der Waals surface area contributed by atoms with E-state index in [0.29, 0.717) is 5.75 Å². The monoisotopic (exact) mass is 250 g/mol. The average molecular weight is 250 g/mol. The van der Waals surface area contributed by atoms with Crippen LogP contribution < -0.4 is 10.5 Å². The molecule has 0 spiro atoms. The van der Waals surface area contributed by atoms with Crippen LogP contribution in [0.3, 0.4) is 0 Å². The summed E-state index contributed by atoms with van der Waals surface area (Å²) >= 11 is 0. The Bertz CT molecular complexity index is 481. The fourth-order valence-electron chi connectivity index (χ4n) is 1.55. The maximum Gasteiger partial charge on any atom is 0.249 e. The van der Waals surface area contributed by atoms with Crippen molar-refractivity contribution in [3.63, 3.8) is 0 Å². The van der Waals surface area contributed by atoms with E-state index >= 15 is 0 Å². The van der Waals surface area contributed by atoms with Crippen LogP contribution in [-0.2, 0) is 0 Å². The molecule has 6 nitrogen and oxygen atoms in total. The van der Waals surface area contributed by atoms with Crippen molar-refractivity contribution in [2.24, 2.45) is 5.73 Å². The molecule has 1 aromatic carbocycles. The zero-order valence-corrected chi connectivity index (χ0v) is 9.83. The highest BCUT2D eigenvalue weighted by Crippen LogP contribution is 2.26. The van der Waals surface area contributed by atoms with Gasteiger partial charge in [-0.3, -0.25) is 4.79 Å². The molecule has 0 saturated heterocycles. The van der Waals surface area contributed by atoms with E-state index in [4.69, 9.17) is 15.7 Å². The number of nitrogens with two attached hydrogens (primary N) is 1. The average Bonchev–Trinajstić information content (AvgIpc) is 2.37. The molecular weight excluding hydrogens is 236 g/mol. The Morgan fingerprint density at radius 1 is 1.56 bits per heavy atom. The molecule has 4 N–H and O–H groups in total. The van der Waals surface area contributed by atoms with Crippen molar-refractivity contribution in [1.29, 1.82) is 5.26 Å². The molecule has 18 heavy (non-hydrogen) atoms.